The minimum absolute atomic E-state index is 0.0280. The third-order valence-electron chi connectivity index (χ3n) is 5.47. The van der Waals surface area contributed by atoms with E-state index in [4.69, 9.17) is 0 Å². The standard InChI is InChI=1S/C22H31FN4OS/c1-14(2)13-27-20(17-10-6-7-11-18(17)23)25-26-22(27)29-16(4)21(28)24-19-12-8-5-9-15(19)3/h6-7,10-11,14-16,19H,5,8-9,12-13H2,1-4H3,(H,24,28). The molecule has 158 valence electrons. The van der Waals surface area contributed by atoms with Gasteiger partial charge in [-0.25, -0.2) is 4.39 Å². The molecule has 3 unspecified atom stereocenters. The summed E-state index contributed by atoms with van der Waals surface area (Å²) in [6, 6.07) is 6.85. The molecule has 3 rings (SSSR count). The van der Waals surface area contributed by atoms with Crippen molar-refractivity contribution >= 4 is 17.7 Å². The lowest BCUT2D eigenvalue weighted by molar-refractivity contribution is -0.121. The summed E-state index contributed by atoms with van der Waals surface area (Å²) in [5, 5.41) is 12.1. The number of nitrogens with zero attached hydrogens (tertiary/aromatic N) is 3. The van der Waals surface area contributed by atoms with E-state index in [9.17, 15) is 9.18 Å². The van der Waals surface area contributed by atoms with E-state index in [0.717, 1.165) is 6.42 Å². The molecule has 1 aromatic heterocycles. The number of hydrogen-bond donors (Lipinski definition) is 1. The van der Waals surface area contributed by atoms with Gasteiger partial charge in [-0.2, -0.15) is 0 Å². The van der Waals surface area contributed by atoms with Crippen LogP contribution in [0.3, 0.4) is 0 Å². The van der Waals surface area contributed by atoms with Gasteiger partial charge >= 0.3 is 0 Å². The van der Waals surface area contributed by atoms with Gasteiger partial charge in [0.2, 0.25) is 5.91 Å². The Bertz CT molecular complexity index is 838. The summed E-state index contributed by atoms with van der Waals surface area (Å²) < 4.78 is 16.3. The second-order valence-corrected chi connectivity index (χ2v) is 9.74. The van der Waals surface area contributed by atoms with Crippen LogP contribution in [-0.4, -0.2) is 32.0 Å². The molecule has 1 aliphatic rings. The van der Waals surface area contributed by atoms with Crippen LogP contribution in [0.15, 0.2) is 29.4 Å². The fourth-order valence-electron chi connectivity index (χ4n) is 3.79. The topological polar surface area (TPSA) is 59.8 Å². The maximum atomic E-state index is 14.3. The van der Waals surface area contributed by atoms with Gasteiger partial charge in [-0.05, 0) is 43.7 Å². The van der Waals surface area contributed by atoms with Gasteiger partial charge in [-0.3, -0.25) is 4.79 Å². The van der Waals surface area contributed by atoms with E-state index in [1.54, 1.807) is 18.2 Å². The molecule has 0 saturated heterocycles. The molecule has 2 aromatic rings. The third kappa shape index (κ3) is 5.38. The molecule has 29 heavy (non-hydrogen) atoms. The lowest BCUT2D eigenvalue weighted by Gasteiger charge is -2.30. The summed E-state index contributed by atoms with van der Waals surface area (Å²) in [6.07, 6.45) is 4.63. The Morgan fingerprint density at radius 2 is 1.97 bits per heavy atom. The van der Waals surface area contributed by atoms with E-state index in [0.29, 0.717) is 34.9 Å². The average molecular weight is 419 g/mol. The molecule has 1 aromatic carbocycles. The number of aromatic nitrogens is 3. The first-order chi connectivity index (χ1) is 13.9. The minimum Gasteiger partial charge on any atom is -0.352 e. The summed E-state index contributed by atoms with van der Waals surface area (Å²) in [6.45, 7) is 8.96. The van der Waals surface area contributed by atoms with Crippen molar-refractivity contribution in [1.29, 1.82) is 0 Å². The molecular formula is C22H31FN4OS. The number of carbonyl (C=O) groups is 1. The second kappa shape index (κ2) is 9.74. The summed E-state index contributed by atoms with van der Waals surface area (Å²) in [4.78, 5) is 12.8. The Morgan fingerprint density at radius 3 is 2.66 bits per heavy atom. The SMILES string of the molecule is CC(C)Cn1c(SC(C)C(=O)NC2CCCCC2C)nnc1-c1ccccc1F. The third-order valence-corrected chi connectivity index (χ3v) is 6.55. The van der Waals surface area contributed by atoms with Crippen molar-refractivity contribution in [1.82, 2.24) is 20.1 Å². The van der Waals surface area contributed by atoms with Crippen molar-refractivity contribution < 1.29 is 9.18 Å². The number of carbonyl (C=O) groups excluding carboxylic acids is 1. The van der Waals surface area contributed by atoms with Gasteiger partial charge in [0, 0.05) is 12.6 Å². The van der Waals surface area contributed by atoms with E-state index < -0.39 is 0 Å². The van der Waals surface area contributed by atoms with Gasteiger partial charge in [0.05, 0.1) is 10.8 Å². The number of halogens is 1. The zero-order valence-corrected chi connectivity index (χ0v) is 18.5. The van der Waals surface area contributed by atoms with Crippen molar-refractivity contribution in [3.05, 3.63) is 30.1 Å². The largest absolute Gasteiger partial charge is 0.352 e. The summed E-state index contributed by atoms with van der Waals surface area (Å²) in [7, 11) is 0. The molecule has 1 heterocycles. The summed E-state index contributed by atoms with van der Waals surface area (Å²) >= 11 is 1.39. The molecule has 1 fully saturated rings. The first-order valence-corrected chi connectivity index (χ1v) is 11.4. The highest BCUT2D eigenvalue weighted by molar-refractivity contribution is 8.00. The Labute approximate surface area is 176 Å². The van der Waals surface area contributed by atoms with Gasteiger partial charge in [0.25, 0.3) is 0 Å². The fraction of sp³-hybridized carbons (Fsp3) is 0.591. The molecule has 7 heteroatoms. The van der Waals surface area contributed by atoms with Crippen LogP contribution in [0.5, 0.6) is 0 Å². The molecule has 1 aliphatic carbocycles. The summed E-state index contributed by atoms with van der Waals surface area (Å²) in [5.74, 6) is 1.07. The molecule has 1 saturated carbocycles. The molecule has 0 aliphatic heterocycles. The first kappa shape index (κ1) is 21.8. The quantitative estimate of drug-likeness (QED) is 0.649. The van der Waals surface area contributed by atoms with Crippen molar-refractivity contribution in [2.45, 2.75) is 76.4 Å². The van der Waals surface area contributed by atoms with Crippen molar-refractivity contribution in [2.75, 3.05) is 0 Å². The molecule has 5 nitrogen and oxygen atoms in total. The molecule has 0 spiro atoms. The number of thioether (sulfide) groups is 1. The predicted octanol–water partition coefficient (Wildman–Crippen LogP) is 4.92. The molecule has 0 radical (unpaired) electrons. The lowest BCUT2D eigenvalue weighted by atomic mass is 9.86. The van der Waals surface area contributed by atoms with E-state index in [1.807, 2.05) is 11.5 Å². The average Bonchev–Trinajstić information content (AvgIpc) is 3.05. The fourth-order valence-corrected chi connectivity index (χ4v) is 4.66. The lowest BCUT2D eigenvalue weighted by Crippen LogP contribution is -2.44. The number of hydrogen-bond acceptors (Lipinski definition) is 4. The van der Waals surface area contributed by atoms with Crippen LogP contribution in [0, 0.1) is 17.7 Å². The number of nitrogens with one attached hydrogen (secondary N) is 1. The van der Waals surface area contributed by atoms with Crippen LogP contribution in [0.4, 0.5) is 4.39 Å². The van der Waals surface area contributed by atoms with Crippen LogP contribution in [0.2, 0.25) is 0 Å². The number of amides is 1. The second-order valence-electron chi connectivity index (χ2n) is 8.43. The van der Waals surface area contributed by atoms with E-state index >= 15 is 0 Å². The van der Waals surface area contributed by atoms with Crippen LogP contribution in [0.25, 0.3) is 11.4 Å². The molecule has 1 amide bonds. The van der Waals surface area contributed by atoms with Gasteiger partial charge < -0.3 is 9.88 Å². The van der Waals surface area contributed by atoms with Gasteiger partial charge in [0.1, 0.15) is 5.82 Å². The van der Waals surface area contributed by atoms with Crippen LogP contribution in [0.1, 0.15) is 53.4 Å². The van der Waals surface area contributed by atoms with Gasteiger partial charge in [-0.1, -0.05) is 57.5 Å². The monoisotopic (exact) mass is 418 g/mol. The highest BCUT2D eigenvalue weighted by Crippen LogP contribution is 2.30. The normalized spacial score (nSPS) is 20.6. The smallest absolute Gasteiger partial charge is 0.233 e. The Kier molecular flexibility index (Phi) is 7.33. The zero-order valence-electron chi connectivity index (χ0n) is 17.7. The van der Waals surface area contributed by atoms with E-state index in [-0.39, 0.29) is 23.0 Å². The Hall–Kier alpha value is -1.89. The van der Waals surface area contributed by atoms with Gasteiger partial charge in [-0.15, -0.1) is 10.2 Å². The van der Waals surface area contributed by atoms with E-state index in [1.165, 1.54) is 37.1 Å². The summed E-state index contributed by atoms with van der Waals surface area (Å²) in [5.41, 5.74) is 0.431. The van der Waals surface area contributed by atoms with E-state index in [2.05, 4.69) is 36.3 Å². The van der Waals surface area contributed by atoms with Gasteiger partial charge in [0.15, 0.2) is 11.0 Å². The predicted molar refractivity (Wildman–Crippen MR) is 115 cm³/mol. The van der Waals surface area contributed by atoms with Crippen LogP contribution < -0.4 is 5.32 Å². The highest BCUT2D eigenvalue weighted by Gasteiger charge is 2.27. The number of rotatable bonds is 7. The molecular weight excluding hydrogens is 387 g/mol. The minimum atomic E-state index is -0.321. The Morgan fingerprint density at radius 1 is 1.24 bits per heavy atom. The van der Waals surface area contributed by atoms with Crippen LogP contribution >= 0.6 is 11.8 Å². The highest BCUT2D eigenvalue weighted by atomic mass is 32.2. The molecule has 1 N–H and O–H groups in total. The molecule has 0 bridgehead atoms. The van der Waals surface area contributed by atoms with Crippen molar-refractivity contribution in [2.24, 2.45) is 11.8 Å². The van der Waals surface area contributed by atoms with Crippen molar-refractivity contribution in [3.63, 3.8) is 0 Å². The zero-order chi connectivity index (χ0) is 21.0. The maximum Gasteiger partial charge on any atom is 0.233 e. The first-order valence-electron chi connectivity index (χ1n) is 10.5. The Balaban J connectivity index is 1.77. The van der Waals surface area contributed by atoms with Crippen molar-refractivity contribution in [3.8, 4) is 11.4 Å². The van der Waals surface area contributed by atoms with Crippen LogP contribution in [-0.2, 0) is 11.3 Å². The maximum absolute atomic E-state index is 14.3. The number of benzene rings is 1. The molecule has 3 atom stereocenters.